The van der Waals surface area contributed by atoms with Gasteiger partial charge in [0.05, 0.1) is 12.9 Å². The molecule has 2 heterocycles. The van der Waals surface area contributed by atoms with Crippen molar-refractivity contribution in [1.29, 1.82) is 0 Å². The van der Waals surface area contributed by atoms with E-state index in [4.69, 9.17) is 9.47 Å². The number of rotatable bonds is 7. The number of hydrogen-bond donors (Lipinski definition) is 2. The molecule has 0 aliphatic heterocycles. The van der Waals surface area contributed by atoms with Crippen molar-refractivity contribution < 1.29 is 9.47 Å². The molecule has 2 aromatic heterocycles. The van der Waals surface area contributed by atoms with E-state index < -0.39 is 0 Å². The first kappa shape index (κ1) is 13.5. The molecule has 0 radical (unpaired) electrons. The average Bonchev–Trinajstić information content (AvgIpc) is 2.85. The normalized spacial score (nSPS) is 11.2. The van der Waals surface area contributed by atoms with Crippen molar-refractivity contribution >= 4 is 17.1 Å². The van der Waals surface area contributed by atoms with Gasteiger partial charge in [0, 0.05) is 13.7 Å². The molecule has 0 spiro atoms. The molecule has 0 bridgehead atoms. The van der Waals surface area contributed by atoms with Crippen LogP contribution in [0.2, 0.25) is 0 Å². The minimum atomic E-state index is 0.445. The zero-order chi connectivity index (χ0) is 13.7. The number of anilines is 1. The van der Waals surface area contributed by atoms with E-state index in [1.807, 2.05) is 0 Å². The van der Waals surface area contributed by atoms with Crippen LogP contribution in [0.1, 0.15) is 13.8 Å². The van der Waals surface area contributed by atoms with E-state index in [9.17, 15) is 0 Å². The fraction of sp³-hybridized carbons (Fsp3) is 0.583. The van der Waals surface area contributed by atoms with Crippen molar-refractivity contribution in [2.75, 3.05) is 32.2 Å². The van der Waals surface area contributed by atoms with Crippen LogP contribution in [-0.4, -0.2) is 46.8 Å². The molecule has 0 fully saturated rings. The smallest absolute Gasteiger partial charge is 0.245 e. The molecule has 2 aromatic rings. The van der Waals surface area contributed by atoms with Gasteiger partial charge in [0.15, 0.2) is 5.65 Å². The molecular weight excluding hydrogens is 246 g/mol. The van der Waals surface area contributed by atoms with Crippen LogP contribution in [-0.2, 0) is 4.74 Å². The second kappa shape index (κ2) is 6.33. The molecule has 0 amide bonds. The molecule has 104 valence electrons. The molecule has 0 aromatic carbocycles. The van der Waals surface area contributed by atoms with Crippen LogP contribution in [0.15, 0.2) is 6.33 Å². The number of hydrogen-bond acceptors (Lipinski definition) is 6. The van der Waals surface area contributed by atoms with Gasteiger partial charge >= 0.3 is 0 Å². The lowest BCUT2D eigenvalue weighted by atomic mass is 10.2. The summed E-state index contributed by atoms with van der Waals surface area (Å²) in [5.41, 5.74) is 1.28. The fourth-order valence-corrected chi connectivity index (χ4v) is 1.54. The summed E-state index contributed by atoms with van der Waals surface area (Å²) in [5.74, 6) is 1.49. The van der Waals surface area contributed by atoms with Gasteiger partial charge in [0.2, 0.25) is 11.8 Å². The molecule has 0 unspecified atom stereocenters. The number of imidazole rings is 1. The fourth-order valence-electron chi connectivity index (χ4n) is 1.54. The third kappa shape index (κ3) is 3.54. The van der Waals surface area contributed by atoms with Crippen LogP contribution in [0, 0.1) is 5.92 Å². The zero-order valence-corrected chi connectivity index (χ0v) is 11.4. The van der Waals surface area contributed by atoms with Gasteiger partial charge in [0.25, 0.3) is 0 Å². The summed E-state index contributed by atoms with van der Waals surface area (Å²) in [4.78, 5) is 15.5. The Labute approximate surface area is 111 Å². The Morgan fingerprint density at radius 1 is 1.32 bits per heavy atom. The van der Waals surface area contributed by atoms with E-state index in [1.165, 1.54) is 0 Å². The van der Waals surface area contributed by atoms with Gasteiger partial charge in [0.1, 0.15) is 12.1 Å². The summed E-state index contributed by atoms with van der Waals surface area (Å²) >= 11 is 0. The predicted molar refractivity (Wildman–Crippen MR) is 72.4 cm³/mol. The summed E-state index contributed by atoms with van der Waals surface area (Å²) in [5, 5.41) is 2.88. The van der Waals surface area contributed by atoms with Crippen LogP contribution >= 0.6 is 0 Å². The molecule has 7 nitrogen and oxygen atoms in total. The molecule has 0 saturated heterocycles. The van der Waals surface area contributed by atoms with Gasteiger partial charge in [-0.15, -0.1) is 0 Å². The lowest BCUT2D eigenvalue weighted by molar-refractivity contribution is 0.0810. The first-order valence-corrected chi connectivity index (χ1v) is 6.30. The van der Waals surface area contributed by atoms with Gasteiger partial charge in [-0.1, -0.05) is 13.8 Å². The molecule has 7 heteroatoms. The molecule has 2 N–H and O–H groups in total. The van der Waals surface area contributed by atoms with Gasteiger partial charge in [-0.25, -0.2) is 4.98 Å². The van der Waals surface area contributed by atoms with Crippen molar-refractivity contribution in [2.24, 2.45) is 5.92 Å². The second-order valence-corrected chi connectivity index (χ2v) is 4.52. The van der Waals surface area contributed by atoms with Crippen molar-refractivity contribution in [3.8, 4) is 5.88 Å². The summed E-state index contributed by atoms with van der Waals surface area (Å²) in [6.07, 6.45) is 1.57. The van der Waals surface area contributed by atoms with Gasteiger partial charge in [-0.3, -0.25) is 0 Å². The number of aromatic amines is 1. The summed E-state index contributed by atoms with van der Waals surface area (Å²) < 4.78 is 11.1. The molecule has 19 heavy (non-hydrogen) atoms. The monoisotopic (exact) mass is 265 g/mol. The minimum absolute atomic E-state index is 0.445. The molecule has 0 aliphatic carbocycles. The molecule has 2 rings (SSSR count). The quantitative estimate of drug-likeness (QED) is 0.737. The standard InChI is InChI=1S/C12H19N5O2/c1-8(2)6-18-4-5-19-11-9-10(15-7-14-9)16-12(13-3)17-11/h7-8H,4-6H2,1-3H3,(H2,13,14,15,16,17). The third-order valence-corrected chi connectivity index (χ3v) is 2.39. The summed E-state index contributed by atoms with van der Waals surface area (Å²) in [7, 11) is 1.75. The first-order valence-electron chi connectivity index (χ1n) is 6.30. The Morgan fingerprint density at radius 2 is 2.16 bits per heavy atom. The van der Waals surface area contributed by atoms with Crippen LogP contribution in [0.25, 0.3) is 11.2 Å². The zero-order valence-electron chi connectivity index (χ0n) is 11.4. The second-order valence-electron chi connectivity index (χ2n) is 4.52. The maximum Gasteiger partial charge on any atom is 0.245 e. The summed E-state index contributed by atoms with van der Waals surface area (Å²) in [6, 6.07) is 0. The Kier molecular flexibility index (Phi) is 4.51. The highest BCUT2D eigenvalue weighted by Gasteiger charge is 2.10. The minimum Gasteiger partial charge on any atom is -0.474 e. The molecule has 0 saturated carbocycles. The van der Waals surface area contributed by atoms with Crippen molar-refractivity contribution in [3.63, 3.8) is 0 Å². The van der Waals surface area contributed by atoms with Crippen molar-refractivity contribution in [2.45, 2.75) is 13.8 Å². The highest BCUT2D eigenvalue weighted by Crippen LogP contribution is 2.20. The molecule has 0 aliphatic rings. The van der Waals surface area contributed by atoms with Crippen LogP contribution in [0.5, 0.6) is 5.88 Å². The Hall–Kier alpha value is -1.89. The average molecular weight is 265 g/mol. The molecule has 0 atom stereocenters. The predicted octanol–water partition coefficient (Wildman–Crippen LogP) is 1.45. The van der Waals surface area contributed by atoms with E-state index in [0.717, 1.165) is 6.61 Å². The summed E-state index contributed by atoms with van der Waals surface area (Å²) in [6.45, 7) is 5.93. The van der Waals surface area contributed by atoms with E-state index in [0.29, 0.717) is 42.1 Å². The highest BCUT2D eigenvalue weighted by molar-refractivity contribution is 5.76. The largest absolute Gasteiger partial charge is 0.474 e. The Bertz CT molecular complexity index is 526. The van der Waals surface area contributed by atoms with Gasteiger partial charge in [-0.05, 0) is 5.92 Å². The third-order valence-electron chi connectivity index (χ3n) is 2.39. The first-order chi connectivity index (χ1) is 9.20. The highest BCUT2D eigenvalue weighted by atomic mass is 16.5. The SMILES string of the molecule is CNc1nc(OCCOCC(C)C)c2[nH]cnc2n1. The van der Waals surface area contributed by atoms with E-state index >= 15 is 0 Å². The lowest BCUT2D eigenvalue weighted by Gasteiger charge is -2.09. The number of aromatic nitrogens is 4. The number of nitrogens with one attached hydrogen (secondary N) is 2. The maximum atomic E-state index is 5.61. The van der Waals surface area contributed by atoms with Crippen LogP contribution in [0.3, 0.4) is 0 Å². The number of fused-ring (bicyclic) bond motifs is 1. The van der Waals surface area contributed by atoms with Gasteiger partial charge in [-0.2, -0.15) is 9.97 Å². The van der Waals surface area contributed by atoms with Crippen LogP contribution in [0.4, 0.5) is 5.95 Å². The van der Waals surface area contributed by atoms with Gasteiger partial charge < -0.3 is 19.8 Å². The van der Waals surface area contributed by atoms with E-state index in [-0.39, 0.29) is 0 Å². The molecular formula is C12H19N5O2. The lowest BCUT2D eigenvalue weighted by Crippen LogP contribution is -2.11. The van der Waals surface area contributed by atoms with Crippen molar-refractivity contribution in [3.05, 3.63) is 6.33 Å². The number of H-pyrrole nitrogens is 1. The van der Waals surface area contributed by atoms with E-state index in [2.05, 4.69) is 39.1 Å². The van der Waals surface area contributed by atoms with Crippen LogP contribution < -0.4 is 10.1 Å². The number of ether oxygens (including phenoxy) is 2. The Balaban J connectivity index is 1.97. The van der Waals surface area contributed by atoms with Crippen molar-refractivity contribution in [1.82, 2.24) is 19.9 Å². The van der Waals surface area contributed by atoms with E-state index in [1.54, 1.807) is 13.4 Å². The topological polar surface area (TPSA) is 85.0 Å². The Morgan fingerprint density at radius 3 is 2.89 bits per heavy atom. The maximum absolute atomic E-state index is 5.61. The number of nitrogens with zero attached hydrogens (tertiary/aromatic N) is 3.